The van der Waals surface area contributed by atoms with Gasteiger partial charge in [-0.2, -0.15) is 5.10 Å². The zero-order valence-corrected chi connectivity index (χ0v) is 11.5. The van der Waals surface area contributed by atoms with Gasteiger partial charge in [-0.3, -0.25) is 9.59 Å². The molecule has 1 heterocycles. The highest BCUT2D eigenvalue weighted by molar-refractivity contribution is 7.80. The predicted molar refractivity (Wildman–Crippen MR) is 79.9 cm³/mol. The van der Waals surface area contributed by atoms with Crippen LogP contribution in [0.3, 0.4) is 0 Å². The molecule has 102 valence electrons. The van der Waals surface area contributed by atoms with E-state index < -0.39 is 5.91 Å². The highest BCUT2D eigenvalue weighted by Gasteiger charge is 2.10. The van der Waals surface area contributed by atoms with Crippen molar-refractivity contribution in [3.8, 4) is 0 Å². The van der Waals surface area contributed by atoms with E-state index in [1.165, 1.54) is 12.1 Å². The van der Waals surface area contributed by atoms with E-state index in [4.69, 9.17) is 18.0 Å². The molecule has 2 aromatic rings. The molecule has 0 fully saturated rings. The van der Waals surface area contributed by atoms with E-state index in [1.807, 2.05) is 13.0 Å². The molecule has 1 aromatic heterocycles. The number of nitrogens with zero attached hydrogens (tertiary/aromatic N) is 1. The summed E-state index contributed by atoms with van der Waals surface area (Å²) in [5.41, 5.74) is 7.42. The lowest BCUT2D eigenvalue weighted by atomic mass is 10.1. The lowest BCUT2D eigenvalue weighted by Crippen LogP contribution is -2.18. The number of carbonyl (C=O) groups is 1. The second kappa shape index (κ2) is 5.62. The Morgan fingerprint density at radius 1 is 1.35 bits per heavy atom. The third-order valence-electron chi connectivity index (χ3n) is 2.68. The van der Waals surface area contributed by atoms with Crippen molar-refractivity contribution in [2.75, 3.05) is 5.32 Å². The van der Waals surface area contributed by atoms with Gasteiger partial charge < -0.3 is 11.1 Å². The summed E-state index contributed by atoms with van der Waals surface area (Å²) in [6.07, 6.45) is 0. The van der Waals surface area contributed by atoms with E-state index in [0.29, 0.717) is 11.3 Å². The van der Waals surface area contributed by atoms with Gasteiger partial charge in [0.15, 0.2) is 0 Å². The van der Waals surface area contributed by atoms with E-state index in [2.05, 4.69) is 15.5 Å². The van der Waals surface area contributed by atoms with E-state index in [-0.39, 0.29) is 16.2 Å². The Hall–Kier alpha value is -2.54. The van der Waals surface area contributed by atoms with Crippen LogP contribution in [0.25, 0.3) is 0 Å². The number of nitrogens with two attached hydrogens (primary N) is 1. The molecule has 4 N–H and O–H groups in total. The van der Waals surface area contributed by atoms with Gasteiger partial charge in [-0.15, -0.1) is 0 Å². The van der Waals surface area contributed by atoms with Gasteiger partial charge in [-0.05, 0) is 24.6 Å². The number of anilines is 1. The zero-order valence-electron chi connectivity index (χ0n) is 10.6. The monoisotopic (exact) mass is 288 g/mol. The minimum absolute atomic E-state index is 0.115. The third kappa shape index (κ3) is 3.07. The van der Waals surface area contributed by atoms with Crippen molar-refractivity contribution in [1.82, 2.24) is 10.2 Å². The predicted octanol–water partition coefficient (Wildman–Crippen LogP) is 0.965. The van der Waals surface area contributed by atoms with Gasteiger partial charge in [-0.25, -0.2) is 5.10 Å². The summed E-state index contributed by atoms with van der Waals surface area (Å²) in [6.45, 7) is 1.85. The number of nitrogens with one attached hydrogen (secondary N) is 2. The first-order valence-corrected chi connectivity index (χ1v) is 6.16. The van der Waals surface area contributed by atoms with Crippen LogP contribution < -0.4 is 16.6 Å². The zero-order chi connectivity index (χ0) is 14.7. The third-order valence-corrected chi connectivity index (χ3v) is 2.92. The van der Waals surface area contributed by atoms with Crippen LogP contribution in [0.5, 0.6) is 0 Å². The fourth-order valence-electron chi connectivity index (χ4n) is 1.57. The topological polar surface area (TPSA) is 101 Å². The summed E-state index contributed by atoms with van der Waals surface area (Å²) < 4.78 is 0. The Morgan fingerprint density at radius 3 is 2.70 bits per heavy atom. The molecule has 0 radical (unpaired) electrons. The molecule has 20 heavy (non-hydrogen) atoms. The van der Waals surface area contributed by atoms with Gasteiger partial charge >= 0.3 is 0 Å². The maximum atomic E-state index is 12.0. The summed E-state index contributed by atoms with van der Waals surface area (Å²) >= 11 is 4.90. The minimum atomic E-state index is -0.426. The number of aromatic amines is 1. The molecule has 0 unspecified atom stereocenters. The number of amides is 1. The molecule has 0 spiro atoms. The second-order valence-electron chi connectivity index (χ2n) is 4.15. The summed E-state index contributed by atoms with van der Waals surface area (Å²) in [5, 5.41) is 8.57. The number of hydrogen-bond acceptors (Lipinski definition) is 4. The van der Waals surface area contributed by atoms with Crippen LogP contribution in [0.1, 0.15) is 21.6 Å². The molecule has 7 heteroatoms. The maximum Gasteiger partial charge on any atom is 0.276 e. The van der Waals surface area contributed by atoms with Crippen LogP contribution in [-0.4, -0.2) is 21.1 Å². The Balaban J connectivity index is 2.27. The van der Waals surface area contributed by atoms with Crippen LogP contribution in [0.4, 0.5) is 5.69 Å². The lowest BCUT2D eigenvalue weighted by Gasteiger charge is -2.09. The molecule has 0 saturated heterocycles. The molecule has 0 bridgehead atoms. The average molecular weight is 288 g/mol. The first kappa shape index (κ1) is 13.9. The number of hydrogen-bond donors (Lipinski definition) is 3. The number of rotatable bonds is 3. The number of benzene rings is 1. The van der Waals surface area contributed by atoms with Gasteiger partial charge in [0.25, 0.3) is 11.5 Å². The molecule has 0 atom stereocenters. The van der Waals surface area contributed by atoms with E-state index >= 15 is 0 Å². The highest BCUT2D eigenvalue weighted by atomic mass is 32.1. The molecule has 1 amide bonds. The Bertz CT molecular complexity index is 719. The van der Waals surface area contributed by atoms with Gasteiger partial charge in [0.1, 0.15) is 10.7 Å². The normalized spacial score (nSPS) is 10.1. The van der Waals surface area contributed by atoms with Crippen molar-refractivity contribution in [3.63, 3.8) is 0 Å². The van der Waals surface area contributed by atoms with Crippen molar-refractivity contribution in [2.45, 2.75) is 6.92 Å². The van der Waals surface area contributed by atoms with Crippen molar-refractivity contribution < 1.29 is 4.79 Å². The largest absolute Gasteiger partial charge is 0.389 e. The Morgan fingerprint density at radius 2 is 2.10 bits per heavy atom. The summed E-state index contributed by atoms with van der Waals surface area (Å²) in [7, 11) is 0. The van der Waals surface area contributed by atoms with E-state index in [0.717, 1.165) is 5.56 Å². The average Bonchev–Trinajstić information content (AvgIpc) is 2.41. The Labute approximate surface area is 120 Å². The summed E-state index contributed by atoms with van der Waals surface area (Å²) in [6, 6.07) is 7.87. The van der Waals surface area contributed by atoms with Crippen molar-refractivity contribution in [1.29, 1.82) is 0 Å². The molecule has 2 rings (SSSR count). The first-order chi connectivity index (χ1) is 9.47. The van der Waals surface area contributed by atoms with E-state index in [9.17, 15) is 9.59 Å². The lowest BCUT2D eigenvalue weighted by molar-refractivity contribution is 0.102. The number of H-pyrrole nitrogens is 1. The van der Waals surface area contributed by atoms with Gasteiger partial charge in [0.2, 0.25) is 0 Å². The van der Waals surface area contributed by atoms with Gasteiger partial charge in [-0.1, -0.05) is 24.4 Å². The summed E-state index contributed by atoms with van der Waals surface area (Å²) in [4.78, 5) is 23.1. The number of aryl methyl sites for hydroxylation is 1. The van der Waals surface area contributed by atoms with Crippen molar-refractivity contribution in [3.05, 3.63) is 57.5 Å². The van der Waals surface area contributed by atoms with Gasteiger partial charge in [0, 0.05) is 17.3 Å². The highest BCUT2D eigenvalue weighted by Crippen LogP contribution is 2.17. The second-order valence-corrected chi connectivity index (χ2v) is 4.59. The number of aromatic nitrogens is 2. The van der Waals surface area contributed by atoms with Crippen LogP contribution in [-0.2, 0) is 0 Å². The quantitative estimate of drug-likeness (QED) is 0.730. The van der Waals surface area contributed by atoms with Crippen LogP contribution >= 0.6 is 12.2 Å². The molecular weight excluding hydrogens is 276 g/mol. The van der Waals surface area contributed by atoms with Crippen LogP contribution in [0, 0.1) is 6.92 Å². The van der Waals surface area contributed by atoms with Crippen LogP contribution in [0.15, 0.2) is 35.1 Å². The van der Waals surface area contributed by atoms with E-state index in [1.54, 1.807) is 12.1 Å². The first-order valence-electron chi connectivity index (χ1n) is 5.75. The molecule has 0 aliphatic heterocycles. The molecule has 6 nitrogen and oxygen atoms in total. The standard InChI is InChI=1S/C13H12N4O2S/c1-7-2-3-8(12(14)20)6-10(7)15-13(19)9-4-5-11(18)17-16-9/h2-6H,1H3,(H2,14,20)(H,15,19)(H,17,18). The summed E-state index contributed by atoms with van der Waals surface area (Å²) in [5.74, 6) is -0.426. The SMILES string of the molecule is Cc1ccc(C(N)=S)cc1NC(=O)c1ccc(=O)[nH]n1. The molecule has 1 aromatic carbocycles. The molecule has 0 saturated carbocycles. The number of carbonyl (C=O) groups excluding carboxylic acids is 1. The smallest absolute Gasteiger partial charge is 0.276 e. The van der Waals surface area contributed by atoms with Crippen molar-refractivity contribution >= 4 is 28.8 Å². The maximum absolute atomic E-state index is 12.0. The van der Waals surface area contributed by atoms with Gasteiger partial charge in [0.05, 0.1) is 0 Å². The minimum Gasteiger partial charge on any atom is -0.389 e. The fraction of sp³-hybridized carbons (Fsp3) is 0.0769. The molecule has 0 aliphatic carbocycles. The van der Waals surface area contributed by atoms with Crippen molar-refractivity contribution in [2.24, 2.45) is 5.73 Å². The fourth-order valence-corrected chi connectivity index (χ4v) is 1.69. The molecule has 0 aliphatic rings. The Kier molecular flexibility index (Phi) is 3.90. The molecular formula is C13H12N4O2S. The number of thiocarbonyl (C=S) groups is 1. The van der Waals surface area contributed by atoms with Crippen LogP contribution in [0.2, 0.25) is 0 Å².